The van der Waals surface area contributed by atoms with Crippen LogP contribution in [0.2, 0.25) is 0 Å². The second kappa shape index (κ2) is 9.38. The predicted octanol–water partition coefficient (Wildman–Crippen LogP) is 3.02. The van der Waals surface area contributed by atoms with E-state index in [1.165, 1.54) is 0 Å². The van der Waals surface area contributed by atoms with Gasteiger partial charge in [0.2, 0.25) is 0 Å². The third-order valence-electron chi connectivity index (χ3n) is 3.11. The molecule has 0 aromatic heterocycles. The van der Waals surface area contributed by atoms with Gasteiger partial charge in [-0.1, -0.05) is 30.3 Å². The van der Waals surface area contributed by atoms with Gasteiger partial charge in [0, 0.05) is 18.2 Å². The standard InChI is InChI=1S/C18H20N2O3/c1-22-17-10-8-16(9-11-17)18(21)20-19-12-5-13-23-14-15-6-3-2-4-7-15/h2-4,6-12H,5,13-14H2,1H3,(H,20,21)/b19-12+. The van der Waals surface area contributed by atoms with Crippen LogP contribution in [0.25, 0.3) is 0 Å². The summed E-state index contributed by atoms with van der Waals surface area (Å²) in [5.74, 6) is 0.453. The molecular formula is C18H20N2O3. The highest BCUT2D eigenvalue weighted by Crippen LogP contribution is 2.10. The number of nitrogens with one attached hydrogen (secondary N) is 1. The number of hydrogen-bond donors (Lipinski definition) is 1. The molecule has 0 heterocycles. The summed E-state index contributed by atoms with van der Waals surface area (Å²) in [6.45, 7) is 1.13. The molecule has 0 aliphatic heterocycles. The van der Waals surface area contributed by atoms with Crippen molar-refractivity contribution in [3.8, 4) is 5.75 Å². The van der Waals surface area contributed by atoms with Crippen LogP contribution in [-0.4, -0.2) is 25.8 Å². The van der Waals surface area contributed by atoms with Crippen LogP contribution in [0.4, 0.5) is 0 Å². The Labute approximate surface area is 135 Å². The van der Waals surface area contributed by atoms with E-state index in [2.05, 4.69) is 10.5 Å². The number of rotatable bonds is 8. The molecule has 0 bridgehead atoms. The zero-order chi connectivity index (χ0) is 16.3. The van der Waals surface area contributed by atoms with Crippen LogP contribution in [0.5, 0.6) is 5.75 Å². The minimum absolute atomic E-state index is 0.255. The van der Waals surface area contributed by atoms with E-state index in [-0.39, 0.29) is 5.91 Å². The van der Waals surface area contributed by atoms with Gasteiger partial charge in [-0.3, -0.25) is 4.79 Å². The second-order valence-corrected chi connectivity index (χ2v) is 4.81. The van der Waals surface area contributed by atoms with Gasteiger partial charge < -0.3 is 9.47 Å². The fourth-order valence-corrected chi connectivity index (χ4v) is 1.88. The van der Waals surface area contributed by atoms with E-state index in [9.17, 15) is 4.79 Å². The summed E-state index contributed by atoms with van der Waals surface area (Å²) in [5.41, 5.74) is 4.15. The molecule has 0 saturated carbocycles. The molecule has 0 saturated heterocycles. The fraction of sp³-hybridized carbons (Fsp3) is 0.222. The Morgan fingerprint density at radius 2 is 1.87 bits per heavy atom. The van der Waals surface area contributed by atoms with E-state index < -0.39 is 0 Å². The van der Waals surface area contributed by atoms with E-state index in [1.807, 2.05) is 30.3 Å². The van der Waals surface area contributed by atoms with Crippen LogP contribution >= 0.6 is 0 Å². The molecule has 2 rings (SSSR count). The molecule has 0 atom stereocenters. The van der Waals surface area contributed by atoms with Crippen molar-refractivity contribution >= 4 is 12.1 Å². The Hall–Kier alpha value is -2.66. The molecule has 0 spiro atoms. The fourth-order valence-electron chi connectivity index (χ4n) is 1.88. The van der Waals surface area contributed by atoms with E-state index in [0.717, 1.165) is 5.56 Å². The lowest BCUT2D eigenvalue weighted by Crippen LogP contribution is -2.17. The third-order valence-corrected chi connectivity index (χ3v) is 3.11. The number of ether oxygens (including phenoxy) is 2. The molecule has 0 fully saturated rings. The van der Waals surface area contributed by atoms with E-state index in [0.29, 0.717) is 30.9 Å². The number of benzene rings is 2. The van der Waals surface area contributed by atoms with Gasteiger partial charge in [0.1, 0.15) is 5.75 Å². The summed E-state index contributed by atoms with van der Waals surface area (Å²) in [5, 5.41) is 3.90. The van der Waals surface area contributed by atoms with Crippen LogP contribution in [0.15, 0.2) is 59.7 Å². The summed E-state index contributed by atoms with van der Waals surface area (Å²) in [6.07, 6.45) is 2.27. The minimum atomic E-state index is -0.255. The Balaban J connectivity index is 1.63. The highest BCUT2D eigenvalue weighted by atomic mass is 16.5. The van der Waals surface area contributed by atoms with Gasteiger partial charge in [-0.15, -0.1) is 0 Å². The first-order valence-corrected chi connectivity index (χ1v) is 7.37. The van der Waals surface area contributed by atoms with Gasteiger partial charge in [0.15, 0.2) is 0 Å². The minimum Gasteiger partial charge on any atom is -0.497 e. The first-order chi connectivity index (χ1) is 11.3. The number of amides is 1. The van der Waals surface area contributed by atoms with Crippen molar-refractivity contribution < 1.29 is 14.3 Å². The Bertz CT molecular complexity index is 624. The van der Waals surface area contributed by atoms with Gasteiger partial charge in [-0.2, -0.15) is 5.10 Å². The van der Waals surface area contributed by atoms with Crippen LogP contribution in [0.1, 0.15) is 22.3 Å². The molecule has 0 unspecified atom stereocenters. The van der Waals surface area contributed by atoms with E-state index in [1.54, 1.807) is 37.6 Å². The Kier molecular flexibility index (Phi) is 6.81. The van der Waals surface area contributed by atoms with Gasteiger partial charge in [-0.05, 0) is 29.8 Å². The average molecular weight is 312 g/mol. The Morgan fingerprint density at radius 3 is 2.57 bits per heavy atom. The molecule has 2 aromatic rings. The number of carbonyl (C=O) groups excluding carboxylic acids is 1. The summed E-state index contributed by atoms with van der Waals surface area (Å²) in [4.78, 5) is 11.8. The van der Waals surface area contributed by atoms with Crippen molar-refractivity contribution in [2.75, 3.05) is 13.7 Å². The maximum Gasteiger partial charge on any atom is 0.271 e. The van der Waals surface area contributed by atoms with Crippen molar-refractivity contribution in [3.63, 3.8) is 0 Å². The van der Waals surface area contributed by atoms with Crippen molar-refractivity contribution in [1.29, 1.82) is 0 Å². The lowest BCUT2D eigenvalue weighted by Gasteiger charge is -2.03. The SMILES string of the molecule is COc1ccc(C(=O)N/N=C/CCOCc2ccccc2)cc1. The second-order valence-electron chi connectivity index (χ2n) is 4.81. The molecule has 1 amide bonds. The summed E-state index contributed by atoms with van der Waals surface area (Å²) >= 11 is 0. The van der Waals surface area contributed by atoms with Gasteiger partial charge in [0.25, 0.3) is 5.91 Å². The smallest absolute Gasteiger partial charge is 0.271 e. The van der Waals surface area contributed by atoms with Crippen molar-refractivity contribution in [3.05, 3.63) is 65.7 Å². The maximum atomic E-state index is 11.8. The third kappa shape index (κ3) is 5.92. The van der Waals surface area contributed by atoms with Gasteiger partial charge >= 0.3 is 0 Å². The molecular weight excluding hydrogens is 292 g/mol. The first kappa shape index (κ1) is 16.7. The maximum absolute atomic E-state index is 11.8. The van der Waals surface area contributed by atoms with Gasteiger partial charge in [0.05, 0.1) is 20.3 Å². The highest BCUT2D eigenvalue weighted by Gasteiger charge is 2.03. The van der Waals surface area contributed by atoms with Crippen molar-refractivity contribution in [2.45, 2.75) is 13.0 Å². The first-order valence-electron chi connectivity index (χ1n) is 7.37. The van der Waals surface area contributed by atoms with Crippen LogP contribution < -0.4 is 10.2 Å². The number of carbonyl (C=O) groups is 1. The molecule has 23 heavy (non-hydrogen) atoms. The number of methoxy groups -OCH3 is 1. The van der Waals surface area contributed by atoms with E-state index >= 15 is 0 Å². The lowest BCUT2D eigenvalue weighted by molar-refractivity contribution is 0.0954. The molecule has 5 nitrogen and oxygen atoms in total. The molecule has 120 valence electrons. The normalized spacial score (nSPS) is 10.7. The Morgan fingerprint density at radius 1 is 1.13 bits per heavy atom. The number of nitrogens with zero attached hydrogens (tertiary/aromatic N) is 1. The predicted molar refractivity (Wildman–Crippen MR) is 89.7 cm³/mol. The molecule has 5 heteroatoms. The zero-order valence-corrected chi connectivity index (χ0v) is 13.1. The van der Waals surface area contributed by atoms with Crippen molar-refractivity contribution in [1.82, 2.24) is 5.43 Å². The topological polar surface area (TPSA) is 59.9 Å². The zero-order valence-electron chi connectivity index (χ0n) is 13.1. The molecule has 2 aromatic carbocycles. The monoisotopic (exact) mass is 312 g/mol. The summed E-state index contributed by atoms with van der Waals surface area (Å²) in [7, 11) is 1.58. The van der Waals surface area contributed by atoms with E-state index in [4.69, 9.17) is 9.47 Å². The summed E-state index contributed by atoms with van der Waals surface area (Å²) < 4.78 is 10.6. The molecule has 0 aliphatic rings. The average Bonchev–Trinajstić information content (AvgIpc) is 2.61. The molecule has 0 aliphatic carbocycles. The number of hydrogen-bond acceptors (Lipinski definition) is 4. The highest BCUT2D eigenvalue weighted by molar-refractivity contribution is 5.94. The molecule has 1 N–H and O–H groups in total. The van der Waals surface area contributed by atoms with Crippen molar-refractivity contribution in [2.24, 2.45) is 5.10 Å². The molecule has 0 radical (unpaired) electrons. The lowest BCUT2D eigenvalue weighted by atomic mass is 10.2. The quantitative estimate of drug-likeness (QED) is 0.463. The van der Waals surface area contributed by atoms with Gasteiger partial charge in [-0.25, -0.2) is 5.43 Å². The van der Waals surface area contributed by atoms with Crippen LogP contribution in [0, 0.1) is 0 Å². The van der Waals surface area contributed by atoms with Crippen LogP contribution in [0.3, 0.4) is 0 Å². The van der Waals surface area contributed by atoms with Crippen LogP contribution in [-0.2, 0) is 11.3 Å². The largest absolute Gasteiger partial charge is 0.497 e. The number of hydrazone groups is 1. The summed E-state index contributed by atoms with van der Waals surface area (Å²) in [6, 6.07) is 16.8.